The van der Waals surface area contributed by atoms with Gasteiger partial charge in [-0.2, -0.15) is 10.4 Å². The summed E-state index contributed by atoms with van der Waals surface area (Å²) in [7, 11) is 0. The molecule has 1 aromatic carbocycles. The molecule has 0 fully saturated rings. The fourth-order valence-corrected chi connectivity index (χ4v) is 2.10. The van der Waals surface area contributed by atoms with Crippen LogP contribution in [-0.4, -0.2) is 10.9 Å². The quantitative estimate of drug-likeness (QED) is 0.828. The van der Waals surface area contributed by atoms with Crippen LogP contribution in [0.15, 0.2) is 46.0 Å². The molecule has 0 atom stereocenters. The number of hydrogen-bond donors (Lipinski definition) is 1. The number of nitriles is 1. The summed E-state index contributed by atoms with van der Waals surface area (Å²) in [4.78, 5) is 11.9. The van der Waals surface area contributed by atoms with Gasteiger partial charge in [0.05, 0.1) is 17.3 Å². The highest BCUT2D eigenvalue weighted by molar-refractivity contribution is 5.96. The van der Waals surface area contributed by atoms with E-state index in [1.54, 1.807) is 24.3 Å². The highest BCUT2D eigenvalue weighted by Gasteiger charge is 2.33. The van der Waals surface area contributed by atoms with Crippen LogP contribution in [0.5, 0.6) is 0 Å². The van der Waals surface area contributed by atoms with Gasteiger partial charge in [-0.05, 0) is 29.7 Å². The van der Waals surface area contributed by atoms with Crippen molar-refractivity contribution < 1.29 is 9.90 Å². The van der Waals surface area contributed by atoms with E-state index in [0.717, 1.165) is 0 Å². The van der Waals surface area contributed by atoms with Crippen LogP contribution in [0.3, 0.4) is 0 Å². The summed E-state index contributed by atoms with van der Waals surface area (Å²) in [6, 6.07) is 8.52. The molecule has 0 saturated carbocycles. The zero-order valence-electron chi connectivity index (χ0n) is 11.4. The van der Waals surface area contributed by atoms with Crippen molar-refractivity contribution in [1.82, 2.24) is 0 Å². The van der Waals surface area contributed by atoms with Crippen LogP contribution in [-0.2, 0) is 4.79 Å². The molecule has 0 unspecified atom stereocenters. The number of aliphatic hydroxyl groups excluding tert-OH is 1. The molecule has 1 aromatic rings. The third kappa shape index (κ3) is 3.09. The Balaban J connectivity index is 2.22. The number of azo groups is 1. The van der Waals surface area contributed by atoms with Crippen molar-refractivity contribution in [2.24, 2.45) is 15.6 Å². The molecule has 20 heavy (non-hydrogen) atoms. The maximum atomic E-state index is 11.9. The van der Waals surface area contributed by atoms with Gasteiger partial charge in [0.15, 0.2) is 11.5 Å². The lowest BCUT2D eigenvalue weighted by Crippen LogP contribution is -2.25. The molecule has 1 aliphatic rings. The van der Waals surface area contributed by atoms with E-state index in [0.29, 0.717) is 24.1 Å². The van der Waals surface area contributed by atoms with Crippen LogP contribution in [0.25, 0.3) is 0 Å². The molecular formula is C15H15N3O2. The van der Waals surface area contributed by atoms with Gasteiger partial charge < -0.3 is 5.11 Å². The monoisotopic (exact) mass is 269 g/mol. The van der Waals surface area contributed by atoms with Crippen LogP contribution in [0.1, 0.15) is 32.3 Å². The molecule has 0 heterocycles. The van der Waals surface area contributed by atoms with E-state index in [9.17, 15) is 9.90 Å². The minimum atomic E-state index is -0.241. The van der Waals surface area contributed by atoms with Crippen molar-refractivity contribution >= 4 is 11.5 Å². The standard InChI is InChI=1S/C15H15N3O2/c1-15(2)7-12(19)14(13(20)8-15)18-17-11-5-3-10(9-16)4-6-11/h3-6,19H,7-8H2,1-2H3. The minimum absolute atomic E-state index is 0.0105. The molecular weight excluding hydrogens is 254 g/mol. The second kappa shape index (κ2) is 5.25. The molecule has 5 nitrogen and oxygen atoms in total. The Morgan fingerprint density at radius 2 is 1.85 bits per heavy atom. The summed E-state index contributed by atoms with van der Waals surface area (Å²) < 4.78 is 0. The number of allylic oxidation sites excluding steroid dienone is 2. The van der Waals surface area contributed by atoms with Crippen molar-refractivity contribution in [1.29, 1.82) is 5.26 Å². The first kappa shape index (κ1) is 13.9. The predicted octanol–water partition coefficient (Wildman–Crippen LogP) is 3.80. The molecule has 0 aromatic heterocycles. The predicted molar refractivity (Wildman–Crippen MR) is 73.3 cm³/mol. The van der Waals surface area contributed by atoms with Crippen LogP contribution in [0.4, 0.5) is 5.69 Å². The topological polar surface area (TPSA) is 85.8 Å². The van der Waals surface area contributed by atoms with Crippen molar-refractivity contribution in [3.8, 4) is 6.07 Å². The molecule has 0 bridgehead atoms. The van der Waals surface area contributed by atoms with Gasteiger partial charge in [-0.25, -0.2) is 0 Å². The Labute approximate surface area is 117 Å². The van der Waals surface area contributed by atoms with Gasteiger partial charge in [-0.3, -0.25) is 4.79 Å². The summed E-state index contributed by atoms with van der Waals surface area (Å²) in [5.41, 5.74) is 0.853. The molecule has 1 aliphatic carbocycles. The normalized spacial score (nSPS) is 18.4. The van der Waals surface area contributed by atoms with Gasteiger partial charge in [0.2, 0.25) is 0 Å². The summed E-state index contributed by atoms with van der Waals surface area (Å²) in [6.45, 7) is 3.85. The first-order valence-corrected chi connectivity index (χ1v) is 6.28. The molecule has 0 amide bonds. The lowest BCUT2D eigenvalue weighted by molar-refractivity contribution is -0.118. The number of hydrogen-bond acceptors (Lipinski definition) is 5. The molecule has 0 aliphatic heterocycles. The lowest BCUT2D eigenvalue weighted by atomic mass is 9.78. The van der Waals surface area contributed by atoms with Crippen molar-refractivity contribution in [2.45, 2.75) is 26.7 Å². The number of carbonyl (C=O) groups excluding carboxylic acids is 1. The number of rotatable bonds is 2. The summed E-state index contributed by atoms with van der Waals surface area (Å²) >= 11 is 0. The van der Waals surface area contributed by atoms with Gasteiger partial charge in [0.25, 0.3) is 0 Å². The van der Waals surface area contributed by atoms with E-state index >= 15 is 0 Å². The third-order valence-electron chi connectivity index (χ3n) is 3.08. The number of ketones is 1. The largest absolute Gasteiger partial charge is 0.510 e. The summed E-state index contributed by atoms with van der Waals surface area (Å²) in [5, 5.41) is 26.4. The number of benzene rings is 1. The van der Waals surface area contributed by atoms with E-state index in [1.807, 2.05) is 19.9 Å². The molecule has 0 saturated heterocycles. The van der Waals surface area contributed by atoms with Gasteiger partial charge >= 0.3 is 0 Å². The fourth-order valence-electron chi connectivity index (χ4n) is 2.10. The summed E-state index contributed by atoms with van der Waals surface area (Å²) in [6.07, 6.45) is 0.763. The second-order valence-corrected chi connectivity index (χ2v) is 5.59. The van der Waals surface area contributed by atoms with E-state index < -0.39 is 0 Å². The highest BCUT2D eigenvalue weighted by atomic mass is 16.3. The Morgan fingerprint density at radius 3 is 2.40 bits per heavy atom. The molecule has 0 radical (unpaired) electrons. The van der Waals surface area contributed by atoms with Crippen molar-refractivity contribution in [2.75, 3.05) is 0 Å². The maximum Gasteiger partial charge on any atom is 0.187 e. The number of Topliss-reactive ketones (excluding diaryl/α,β-unsaturated/α-hetero) is 1. The second-order valence-electron chi connectivity index (χ2n) is 5.59. The van der Waals surface area contributed by atoms with Crippen LogP contribution < -0.4 is 0 Å². The van der Waals surface area contributed by atoms with Crippen molar-refractivity contribution in [3.05, 3.63) is 41.3 Å². The Kier molecular flexibility index (Phi) is 3.66. The van der Waals surface area contributed by atoms with Crippen molar-refractivity contribution in [3.63, 3.8) is 0 Å². The van der Waals surface area contributed by atoms with Crippen LogP contribution in [0.2, 0.25) is 0 Å². The molecule has 5 heteroatoms. The van der Waals surface area contributed by atoms with E-state index in [-0.39, 0.29) is 22.7 Å². The maximum absolute atomic E-state index is 11.9. The molecule has 2 rings (SSSR count). The SMILES string of the molecule is CC1(C)CC(=O)C(N=Nc2ccc(C#N)cc2)=C(O)C1. The third-order valence-corrected chi connectivity index (χ3v) is 3.08. The van der Waals surface area contributed by atoms with E-state index in [2.05, 4.69) is 10.2 Å². The Morgan fingerprint density at radius 1 is 1.20 bits per heavy atom. The average Bonchev–Trinajstić information content (AvgIpc) is 2.37. The van der Waals surface area contributed by atoms with Gasteiger partial charge in [0, 0.05) is 12.8 Å². The number of aliphatic hydroxyl groups is 1. The molecule has 102 valence electrons. The lowest BCUT2D eigenvalue weighted by Gasteiger charge is -2.27. The highest BCUT2D eigenvalue weighted by Crippen LogP contribution is 2.36. The fraction of sp³-hybridized carbons (Fsp3) is 0.333. The molecule has 0 spiro atoms. The van der Waals surface area contributed by atoms with E-state index in [1.165, 1.54) is 0 Å². The zero-order valence-corrected chi connectivity index (χ0v) is 11.4. The Hall–Kier alpha value is -2.48. The number of nitrogens with zero attached hydrogens (tertiary/aromatic N) is 3. The Bertz CT molecular complexity index is 634. The van der Waals surface area contributed by atoms with E-state index in [4.69, 9.17) is 5.26 Å². The smallest absolute Gasteiger partial charge is 0.187 e. The summed E-state index contributed by atoms with van der Waals surface area (Å²) in [5.74, 6) is -0.209. The van der Waals surface area contributed by atoms with Gasteiger partial charge in [0.1, 0.15) is 5.76 Å². The first-order valence-electron chi connectivity index (χ1n) is 6.28. The van der Waals surface area contributed by atoms with Gasteiger partial charge in [-0.1, -0.05) is 13.8 Å². The number of carbonyl (C=O) groups is 1. The zero-order chi connectivity index (χ0) is 14.8. The average molecular weight is 269 g/mol. The van der Waals surface area contributed by atoms with Gasteiger partial charge in [-0.15, -0.1) is 5.11 Å². The van der Waals surface area contributed by atoms with Crippen LogP contribution in [0, 0.1) is 16.7 Å². The first-order chi connectivity index (χ1) is 9.41. The molecule has 1 N–H and O–H groups in total. The minimum Gasteiger partial charge on any atom is -0.510 e. The van der Waals surface area contributed by atoms with Crippen LogP contribution >= 0.6 is 0 Å².